The summed E-state index contributed by atoms with van der Waals surface area (Å²) in [5.41, 5.74) is 5.44. The van der Waals surface area contributed by atoms with Gasteiger partial charge in [-0.05, 0) is 20.8 Å². The van der Waals surface area contributed by atoms with Gasteiger partial charge in [-0.15, -0.1) is 11.3 Å². The lowest BCUT2D eigenvalue weighted by Gasteiger charge is -2.19. The Kier molecular flexibility index (Phi) is 3.95. The van der Waals surface area contributed by atoms with E-state index in [1.165, 1.54) is 11.3 Å². The lowest BCUT2D eigenvalue weighted by molar-refractivity contribution is 0.190. The molecule has 4 N–H and O–H groups in total. The van der Waals surface area contributed by atoms with E-state index in [0.29, 0.717) is 5.56 Å². The summed E-state index contributed by atoms with van der Waals surface area (Å²) in [4.78, 5) is 11.5. The molecular formula is C10H15N3O3S. The summed E-state index contributed by atoms with van der Waals surface area (Å²) in [7, 11) is 0. The Morgan fingerprint density at radius 2 is 2.18 bits per heavy atom. The number of rotatable bonds is 2. The summed E-state index contributed by atoms with van der Waals surface area (Å²) in [5.74, 6) is 0.178. The Balaban J connectivity index is 2.76. The predicted octanol–water partition coefficient (Wildman–Crippen LogP) is 1.73. The summed E-state index contributed by atoms with van der Waals surface area (Å²) in [6.07, 6.45) is -0.581. The number of nitrogens with one attached hydrogen (secondary N) is 1. The van der Waals surface area contributed by atoms with Crippen molar-refractivity contribution < 1.29 is 14.7 Å². The van der Waals surface area contributed by atoms with Gasteiger partial charge < -0.3 is 21.0 Å². The SMILES string of the molecule is CC(C)(C)NC(=O)Oc1cscc1C(N)=NO. The maximum Gasteiger partial charge on any atom is 0.413 e. The molecule has 0 aliphatic carbocycles. The lowest BCUT2D eigenvalue weighted by atomic mass is 10.1. The zero-order valence-corrected chi connectivity index (χ0v) is 10.7. The Hall–Kier alpha value is -1.76. The average molecular weight is 257 g/mol. The molecule has 0 aliphatic heterocycles. The van der Waals surface area contributed by atoms with Gasteiger partial charge in [0, 0.05) is 16.3 Å². The van der Waals surface area contributed by atoms with Crippen LogP contribution in [0.2, 0.25) is 0 Å². The largest absolute Gasteiger partial charge is 0.413 e. The monoisotopic (exact) mass is 257 g/mol. The van der Waals surface area contributed by atoms with Gasteiger partial charge in [-0.2, -0.15) is 0 Å². The van der Waals surface area contributed by atoms with Crippen LogP contribution in [0.5, 0.6) is 5.75 Å². The van der Waals surface area contributed by atoms with Crippen LogP contribution in [-0.4, -0.2) is 22.7 Å². The van der Waals surface area contributed by atoms with E-state index < -0.39 is 6.09 Å². The van der Waals surface area contributed by atoms with Crippen LogP contribution in [0, 0.1) is 0 Å². The summed E-state index contributed by atoms with van der Waals surface area (Å²) in [6, 6.07) is 0. The Bertz CT molecular complexity index is 434. The van der Waals surface area contributed by atoms with Crippen LogP contribution >= 0.6 is 11.3 Å². The number of amidine groups is 1. The maximum absolute atomic E-state index is 11.5. The van der Waals surface area contributed by atoms with Gasteiger partial charge in [0.05, 0.1) is 5.56 Å². The second-order valence-electron chi connectivity index (χ2n) is 4.40. The highest BCUT2D eigenvalue weighted by atomic mass is 32.1. The molecule has 1 aromatic rings. The van der Waals surface area contributed by atoms with Crippen molar-refractivity contribution in [2.24, 2.45) is 10.9 Å². The van der Waals surface area contributed by atoms with Crippen molar-refractivity contribution in [3.05, 3.63) is 16.3 Å². The first-order valence-corrected chi connectivity index (χ1v) is 5.82. The fourth-order valence-corrected chi connectivity index (χ4v) is 1.78. The van der Waals surface area contributed by atoms with Gasteiger partial charge in [-0.25, -0.2) is 4.79 Å². The second kappa shape index (κ2) is 5.05. The molecule has 0 aromatic carbocycles. The lowest BCUT2D eigenvalue weighted by Crippen LogP contribution is -2.42. The number of carbonyl (C=O) groups excluding carboxylic acids is 1. The molecule has 0 fully saturated rings. The first-order chi connectivity index (χ1) is 7.83. The van der Waals surface area contributed by atoms with Crippen molar-refractivity contribution in [3.63, 3.8) is 0 Å². The van der Waals surface area contributed by atoms with Crippen LogP contribution in [0.3, 0.4) is 0 Å². The second-order valence-corrected chi connectivity index (χ2v) is 5.14. The van der Waals surface area contributed by atoms with Crippen molar-refractivity contribution in [2.75, 3.05) is 0 Å². The van der Waals surface area contributed by atoms with Gasteiger partial charge in [0.1, 0.15) is 0 Å². The van der Waals surface area contributed by atoms with Crippen molar-refractivity contribution in [2.45, 2.75) is 26.3 Å². The van der Waals surface area contributed by atoms with Gasteiger partial charge in [0.25, 0.3) is 0 Å². The summed E-state index contributed by atoms with van der Waals surface area (Å²) in [6.45, 7) is 5.52. The summed E-state index contributed by atoms with van der Waals surface area (Å²) in [5, 5.41) is 17.3. The normalized spacial score (nSPS) is 12.3. The number of hydrogen-bond acceptors (Lipinski definition) is 5. The molecule has 0 saturated heterocycles. The van der Waals surface area contributed by atoms with Crippen molar-refractivity contribution in [1.29, 1.82) is 0 Å². The number of amides is 1. The highest BCUT2D eigenvalue weighted by Crippen LogP contribution is 2.23. The number of nitrogens with two attached hydrogens (primary N) is 1. The van der Waals surface area contributed by atoms with Crippen molar-refractivity contribution >= 4 is 23.3 Å². The van der Waals surface area contributed by atoms with E-state index in [2.05, 4.69) is 10.5 Å². The molecule has 7 heteroatoms. The molecule has 17 heavy (non-hydrogen) atoms. The fourth-order valence-electron chi connectivity index (χ4n) is 1.04. The quantitative estimate of drug-likeness (QED) is 0.325. The van der Waals surface area contributed by atoms with Crippen molar-refractivity contribution in [1.82, 2.24) is 5.32 Å². The van der Waals surface area contributed by atoms with E-state index in [1.54, 1.807) is 10.8 Å². The predicted molar refractivity (Wildman–Crippen MR) is 65.7 cm³/mol. The van der Waals surface area contributed by atoms with Crippen LogP contribution in [0.4, 0.5) is 4.79 Å². The third-order valence-corrected chi connectivity index (χ3v) is 2.41. The summed E-state index contributed by atoms with van der Waals surface area (Å²) >= 11 is 1.29. The number of hydrogen-bond donors (Lipinski definition) is 3. The van der Waals surface area contributed by atoms with E-state index in [-0.39, 0.29) is 17.1 Å². The molecule has 0 unspecified atom stereocenters. The molecule has 94 valence electrons. The summed E-state index contributed by atoms with van der Waals surface area (Å²) < 4.78 is 5.07. The van der Waals surface area contributed by atoms with E-state index >= 15 is 0 Å². The third-order valence-electron chi connectivity index (χ3n) is 1.69. The molecular weight excluding hydrogens is 242 g/mol. The maximum atomic E-state index is 11.5. The van der Waals surface area contributed by atoms with Gasteiger partial charge in [-0.3, -0.25) is 0 Å². The van der Waals surface area contributed by atoms with E-state index in [4.69, 9.17) is 15.7 Å². The molecule has 0 saturated carbocycles. The number of thiophene rings is 1. The zero-order valence-electron chi connectivity index (χ0n) is 9.85. The van der Waals surface area contributed by atoms with Gasteiger partial charge in [-0.1, -0.05) is 5.16 Å². The minimum atomic E-state index is -0.581. The van der Waals surface area contributed by atoms with Gasteiger partial charge >= 0.3 is 6.09 Å². The molecule has 1 heterocycles. The highest BCUT2D eigenvalue weighted by molar-refractivity contribution is 7.08. The highest BCUT2D eigenvalue weighted by Gasteiger charge is 2.18. The molecule has 0 bridgehead atoms. The minimum Gasteiger partial charge on any atom is -0.409 e. The van der Waals surface area contributed by atoms with Crippen LogP contribution in [0.25, 0.3) is 0 Å². The molecule has 1 aromatic heterocycles. The van der Waals surface area contributed by atoms with E-state index in [9.17, 15) is 4.79 Å². The Labute approximate surface area is 103 Å². The fraction of sp³-hybridized carbons (Fsp3) is 0.400. The van der Waals surface area contributed by atoms with Crippen molar-refractivity contribution in [3.8, 4) is 5.75 Å². The van der Waals surface area contributed by atoms with Gasteiger partial charge in [0.15, 0.2) is 11.6 Å². The molecule has 0 radical (unpaired) electrons. The van der Waals surface area contributed by atoms with E-state index in [0.717, 1.165) is 0 Å². The molecule has 0 atom stereocenters. The smallest absolute Gasteiger partial charge is 0.409 e. The minimum absolute atomic E-state index is 0.0928. The molecule has 0 aliphatic rings. The van der Waals surface area contributed by atoms with Crippen LogP contribution in [0.1, 0.15) is 26.3 Å². The topological polar surface area (TPSA) is 96.9 Å². The average Bonchev–Trinajstić information content (AvgIpc) is 2.61. The standard InChI is InChI=1S/C10H15N3O3S/c1-10(2,3)12-9(14)16-7-5-17-4-6(7)8(11)13-15/h4-5,15H,1-3H3,(H2,11,13)(H,12,14). The number of ether oxygens (including phenoxy) is 1. The number of nitrogens with zero attached hydrogens (tertiary/aromatic N) is 1. The molecule has 1 rings (SSSR count). The Morgan fingerprint density at radius 1 is 1.53 bits per heavy atom. The molecule has 0 spiro atoms. The molecule has 1 amide bonds. The first kappa shape index (κ1) is 13.3. The molecule has 6 nitrogen and oxygen atoms in total. The number of oxime groups is 1. The van der Waals surface area contributed by atoms with Crippen LogP contribution in [0.15, 0.2) is 15.9 Å². The first-order valence-electron chi connectivity index (χ1n) is 4.87. The van der Waals surface area contributed by atoms with Crippen LogP contribution in [-0.2, 0) is 0 Å². The van der Waals surface area contributed by atoms with Crippen LogP contribution < -0.4 is 15.8 Å². The third kappa shape index (κ3) is 3.95. The Morgan fingerprint density at radius 3 is 2.71 bits per heavy atom. The van der Waals surface area contributed by atoms with Gasteiger partial charge in [0.2, 0.25) is 0 Å². The number of carbonyl (C=O) groups is 1. The zero-order chi connectivity index (χ0) is 13.1. The van der Waals surface area contributed by atoms with E-state index in [1.807, 2.05) is 20.8 Å².